The van der Waals surface area contributed by atoms with E-state index in [-0.39, 0.29) is 11.9 Å². The van der Waals surface area contributed by atoms with Gasteiger partial charge in [0.1, 0.15) is 5.82 Å². The molecule has 0 bridgehead atoms. The van der Waals surface area contributed by atoms with Crippen molar-refractivity contribution in [3.8, 4) is 0 Å². The van der Waals surface area contributed by atoms with Crippen molar-refractivity contribution < 1.29 is 14.2 Å². The Hall–Kier alpha value is -0.930. The molecule has 1 aromatic carbocycles. The minimum atomic E-state index is -0.701. The lowest BCUT2D eigenvalue weighted by Gasteiger charge is -2.43. The highest BCUT2D eigenvalue weighted by Crippen LogP contribution is 2.37. The van der Waals surface area contributed by atoms with Crippen LogP contribution >= 0.6 is 0 Å². The molecule has 0 spiro atoms. The summed E-state index contributed by atoms with van der Waals surface area (Å²) in [7, 11) is 0. The van der Waals surface area contributed by atoms with Crippen LogP contribution in [0.15, 0.2) is 24.3 Å². The molecule has 0 amide bonds. The van der Waals surface area contributed by atoms with Crippen LogP contribution in [-0.4, -0.2) is 23.4 Å². The summed E-state index contributed by atoms with van der Waals surface area (Å²) in [5, 5.41) is 10.1. The van der Waals surface area contributed by atoms with E-state index in [1.54, 1.807) is 6.07 Å². The van der Waals surface area contributed by atoms with Crippen molar-refractivity contribution in [1.29, 1.82) is 0 Å². The van der Waals surface area contributed by atoms with Crippen LogP contribution in [0.25, 0.3) is 0 Å². The van der Waals surface area contributed by atoms with Gasteiger partial charge in [-0.2, -0.15) is 0 Å². The first-order valence-electron chi connectivity index (χ1n) is 5.70. The summed E-state index contributed by atoms with van der Waals surface area (Å²) >= 11 is 0. The molecule has 0 aliphatic heterocycles. The largest absolute Gasteiger partial charge is 0.389 e. The van der Waals surface area contributed by atoms with Gasteiger partial charge >= 0.3 is 0 Å². The van der Waals surface area contributed by atoms with Crippen LogP contribution in [0, 0.1) is 5.82 Å². The maximum Gasteiger partial charge on any atom is 0.123 e. The molecule has 1 aliphatic rings. The number of hydrogen-bond acceptors (Lipinski definition) is 2. The molecule has 2 rings (SSSR count). The Bertz CT molecular complexity index is 359. The lowest BCUT2D eigenvalue weighted by molar-refractivity contribution is -0.136. The second-order valence-electron chi connectivity index (χ2n) is 4.52. The minimum Gasteiger partial charge on any atom is -0.389 e. The van der Waals surface area contributed by atoms with Crippen molar-refractivity contribution in [2.45, 2.75) is 37.9 Å². The maximum absolute atomic E-state index is 13.0. The van der Waals surface area contributed by atoms with Crippen LogP contribution in [0.1, 0.15) is 25.3 Å². The van der Waals surface area contributed by atoms with Crippen LogP contribution in [-0.2, 0) is 11.2 Å². The Morgan fingerprint density at radius 3 is 2.88 bits per heavy atom. The van der Waals surface area contributed by atoms with Gasteiger partial charge in [0.15, 0.2) is 0 Å². The third-order valence-corrected chi connectivity index (χ3v) is 3.04. The zero-order valence-electron chi connectivity index (χ0n) is 9.45. The van der Waals surface area contributed by atoms with E-state index in [9.17, 15) is 9.50 Å². The van der Waals surface area contributed by atoms with Gasteiger partial charge in [-0.25, -0.2) is 4.39 Å². The number of benzene rings is 1. The van der Waals surface area contributed by atoms with Gasteiger partial charge in [-0.05, 0) is 24.6 Å². The van der Waals surface area contributed by atoms with E-state index < -0.39 is 5.60 Å². The molecule has 3 heteroatoms. The summed E-state index contributed by atoms with van der Waals surface area (Å²) in [5.74, 6) is -0.248. The highest BCUT2D eigenvalue weighted by atomic mass is 19.1. The van der Waals surface area contributed by atoms with E-state index in [2.05, 4.69) is 0 Å². The smallest absolute Gasteiger partial charge is 0.123 e. The van der Waals surface area contributed by atoms with Crippen molar-refractivity contribution in [2.75, 3.05) is 6.61 Å². The summed E-state index contributed by atoms with van der Waals surface area (Å²) in [4.78, 5) is 0. The molecule has 0 unspecified atom stereocenters. The van der Waals surface area contributed by atoms with Gasteiger partial charge in [0.25, 0.3) is 0 Å². The summed E-state index contributed by atoms with van der Waals surface area (Å²) in [6.45, 7) is 2.63. The quantitative estimate of drug-likeness (QED) is 0.850. The van der Waals surface area contributed by atoms with Gasteiger partial charge in [0, 0.05) is 25.9 Å². The Balaban J connectivity index is 1.91. The normalized spacial score (nSPS) is 28.8. The first kappa shape index (κ1) is 11.6. The molecule has 16 heavy (non-hydrogen) atoms. The van der Waals surface area contributed by atoms with E-state index in [1.807, 2.05) is 13.0 Å². The highest BCUT2D eigenvalue weighted by molar-refractivity contribution is 5.20. The molecule has 1 aliphatic carbocycles. The molecule has 0 radical (unpaired) electrons. The molecular weight excluding hydrogens is 207 g/mol. The summed E-state index contributed by atoms with van der Waals surface area (Å²) in [6, 6.07) is 6.41. The summed E-state index contributed by atoms with van der Waals surface area (Å²) < 4.78 is 18.4. The Labute approximate surface area is 95.1 Å². The van der Waals surface area contributed by atoms with Gasteiger partial charge in [-0.3, -0.25) is 0 Å². The molecule has 1 fully saturated rings. The Kier molecular flexibility index (Phi) is 3.26. The van der Waals surface area contributed by atoms with Gasteiger partial charge < -0.3 is 9.84 Å². The molecule has 1 saturated carbocycles. The minimum absolute atomic E-state index is 0.170. The average molecular weight is 224 g/mol. The molecular formula is C13H17FO2. The number of rotatable bonds is 4. The average Bonchev–Trinajstić information content (AvgIpc) is 2.15. The van der Waals surface area contributed by atoms with Crippen molar-refractivity contribution in [2.24, 2.45) is 0 Å². The van der Waals surface area contributed by atoms with Gasteiger partial charge in [0.05, 0.1) is 11.7 Å². The second kappa shape index (κ2) is 4.52. The standard InChI is InChI=1S/C13H17FO2/c1-2-16-12-8-13(15,9-12)7-10-4-3-5-11(14)6-10/h3-6,12,15H,2,7-9H2,1H3. The van der Waals surface area contributed by atoms with Crippen molar-refractivity contribution in [1.82, 2.24) is 0 Å². The zero-order chi connectivity index (χ0) is 11.6. The number of ether oxygens (including phenoxy) is 1. The lowest BCUT2D eigenvalue weighted by Crippen LogP contribution is -2.49. The highest BCUT2D eigenvalue weighted by Gasteiger charge is 2.43. The molecule has 2 nitrogen and oxygen atoms in total. The fraction of sp³-hybridized carbons (Fsp3) is 0.538. The van der Waals surface area contributed by atoms with Gasteiger partial charge in [-0.15, -0.1) is 0 Å². The van der Waals surface area contributed by atoms with E-state index >= 15 is 0 Å². The number of halogens is 1. The molecule has 0 atom stereocenters. The van der Waals surface area contributed by atoms with Gasteiger partial charge in [-0.1, -0.05) is 12.1 Å². The van der Waals surface area contributed by atoms with Crippen LogP contribution in [0.4, 0.5) is 4.39 Å². The maximum atomic E-state index is 13.0. The van der Waals surface area contributed by atoms with Crippen LogP contribution in [0.5, 0.6) is 0 Å². The molecule has 0 saturated heterocycles. The Morgan fingerprint density at radius 1 is 1.50 bits per heavy atom. The van der Waals surface area contributed by atoms with E-state index in [1.165, 1.54) is 12.1 Å². The third kappa shape index (κ3) is 2.60. The monoisotopic (exact) mass is 224 g/mol. The summed E-state index contributed by atoms with van der Waals surface area (Å²) in [5.41, 5.74) is 0.144. The molecule has 0 heterocycles. The van der Waals surface area contributed by atoms with Crippen molar-refractivity contribution in [3.05, 3.63) is 35.6 Å². The number of aliphatic hydroxyl groups is 1. The Morgan fingerprint density at radius 2 is 2.25 bits per heavy atom. The third-order valence-electron chi connectivity index (χ3n) is 3.04. The van der Waals surface area contributed by atoms with Crippen molar-refractivity contribution in [3.63, 3.8) is 0 Å². The van der Waals surface area contributed by atoms with Crippen LogP contribution in [0.3, 0.4) is 0 Å². The first-order chi connectivity index (χ1) is 7.61. The molecule has 1 N–H and O–H groups in total. The molecule has 1 aromatic rings. The van der Waals surface area contributed by atoms with Crippen LogP contribution in [0.2, 0.25) is 0 Å². The topological polar surface area (TPSA) is 29.5 Å². The summed E-state index contributed by atoms with van der Waals surface area (Å²) in [6.07, 6.45) is 1.98. The predicted octanol–water partition coefficient (Wildman–Crippen LogP) is 2.30. The fourth-order valence-electron chi connectivity index (χ4n) is 2.31. The SMILES string of the molecule is CCOC1CC(O)(Cc2cccc(F)c2)C1. The van der Waals surface area contributed by atoms with Crippen molar-refractivity contribution >= 4 is 0 Å². The second-order valence-corrected chi connectivity index (χ2v) is 4.52. The lowest BCUT2D eigenvalue weighted by atomic mass is 9.73. The fourth-order valence-corrected chi connectivity index (χ4v) is 2.31. The van der Waals surface area contributed by atoms with E-state index in [4.69, 9.17) is 4.74 Å². The van der Waals surface area contributed by atoms with Crippen LogP contribution < -0.4 is 0 Å². The predicted molar refractivity (Wildman–Crippen MR) is 59.7 cm³/mol. The van der Waals surface area contributed by atoms with E-state index in [0.717, 1.165) is 5.56 Å². The molecule has 0 aromatic heterocycles. The molecule has 88 valence electrons. The first-order valence-corrected chi connectivity index (χ1v) is 5.70. The zero-order valence-corrected chi connectivity index (χ0v) is 9.45. The van der Waals surface area contributed by atoms with Gasteiger partial charge in [0.2, 0.25) is 0 Å². The number of hydrogen-bond donors (Lipinski definition) is 1. The van der Waals surface area contributed by atoms with E-state index in [0.29, 0.717) is 25.9 Å².